The number of azo groups is 2. The van der Waals surface area contributed by atoms with Crippen molar-refractivity contribution in [1.82, 2.24) is 0 Å². The van der Waals surface area contributed by atoms with Gasteiger partial charge in [-0.05, 0) is 79.3 Å². The number of aliphatic hydroxyl groups is 1. The Hall–Kier alpha value is -3.44. The molecule has 156 valence electrons. The molecule has 5 nitrogen and oxygen atoms in total. The number of aliphatic hydroxyl groups excluding tert-OH is 1. The largest absolute Gasteiger partial charge is 0.386 e. The Bertz CT molecular complexity index is 1210. The number of nitrogens with zero attached hydrogens (tertiary/aromatic N) is 4. The molecule has 4 rings (SSSR count). The number of benzene rings is 3. The Kier molecular flexibility index (Phi) is 5.87. The molecule has 0 heterocycles. The van der Waals surface area contributed by atoms with Gasteiger partial charge in [0.05, 0.1) is 17.1 Å². The van der Waals surface area contributed by atoms with E-state index in [9.17, 15) is 5.11 Å². The first kappa shape index (κ1) is 20.8. The van der Waals surface area contributed by atoms with Crippen LogP contribution in [-0.2, 0) is 0 Å². The molecule has 0 radical (unpaired) electrons. The van der Waals surface area contributed by atoms with E-state index in [4.69, 9.17) is 0 Å². The number of aryl methyl sites for hydroxylation is 4. The number of fused-ring (bicyclic) bond motifs is 1. The minimum Gasteiger partial charge on any atom is -0.386 e. The van der Waals surface area contributed by atoms with Crippen LogP contribution in [0.15, 0.2) is 81.1 Å². The van der Waals surface area contributed by atoms with Gasteiger partial charge in [0, 0.05) is 0 Å². The van der Waals surface area contributed by atoms with Crippen LogP contribution >= 0.6 is 0 Å². The molecular weight excluding hydrogens is 384 g/mol. The highest BCUT2D eigenvalue weighted by Gasteiger charge is 2.24. The van der Waals surface area contributed by atoms with Crippen LogP contribution in [0.3, 0.4) is 0 Å². The topological polar surface area (TPSA) is 69.7 Å². The van der Waals surface area contributed by atoms with Gasteiger partial charge < -0.3 is 5.11 Å². The molecule has 1 N–H and O–H groups in total. The summed E-state index contributed by atoms with van der Waals surface area (Å²) in [6, 6.07) is 17.6. The van der Waals surface area contributed by atoms with Crippen molar-refractivity contribution in [2.75, 3.05) is 0 Å². The van der Waals surface area contributed by atoms with Crippen molar-refractivity contribution in [3.63, 3.8) is 0 Å². The Morgan fingerprint density at radius 3 is 2.10 bits per heavy atom. The Labute approximate surface area is 182 Å². The third-order valence-electron chi connectivity index (χ3n) is 5.55. The maximum atomic E-state index is 10.4. The fourth-order valence-corrected chi connectivity index (χ4v) is 3.61. The fourth-order valence-electron chi connectivity index (χ4n) is 3.61. The van der Waals surface area contributed by atoms with Gasteiger partial charge in [-0.15, -0.1) is 0 Å². The van der Waals surface area contributed by atoms with Crippen LogP contribution in [0.1, 0.15) is 39.4 Å². The minimum absolute atomic E-state index is 0.412. The third kappa shape index (κ3) is 4.52. The van der Waals surface area contributed by atoms with Gasteiger partial charge in [-0.3, -0.25) is 0 Å². The Morgan fingerprint density at radius 2 is 1.35 bits per heavy atom. The molecule has 0 spiro atoms. The average Bonchev–Trinajstić information content (AvgIpc) is 2.76. The highest BCUT2D eigenvalue weighted by molar-refractivity contribution is 5.60. The molecule has 1 aliphatic rings. The number of hydrogen-bond donors (Lipinski definition) is 1. The van der Waals surface area contributed by atoms with Crippen LogP contribution in [0.25, 0.3) is 6.08 Å². The average molecular weight is 411 g/mol. The summed E-state index contributed by atoms with van der Waals surface area (Å²) in [5, 5.41) is 28.3. The van der Waals surface area contributed by atoms with E-state index in [-0.39, 0.29) is 0 Å². The van der Waals surface area contributed by atoms with E-state index in [1.54, 1.807) is 6.08 Å². The molecule has 0 aromatic heterocycles. The van der Waals surface area contributed by atoms with Crippen molar-refractivity contribution in [2.24, 2.45) is 20.5 Å². The summed E-state index contributed by atoms with van der Waals surface area (Å²) in [5.74, 6) is 0. The molecule has 1 aliphatic carbocycles. The predicted octanol–water partition coefficient (Wildman–Crippen LogP) is 7.55. The van der Waals surface area contributed by atoms with Gasteiger partial charge >= 0.3 is 0 Å². The summed E-state index contributed by atoms with van der Waals surface area (Å²) < 4.78 is 0. The molecule has 3 aromatic rings. The summed E-state index contributed by atoms with van der Waals surface area (Å²) in [5.41, 5.74) is 8.67. The van der Waals surface area contributed by atoms with E-state index in [0.717, 1.165) is 50.4 Å². The van der Waals surface area contributed by atoms with Crippen LogP contribution in [0, 0.1) is 27.7 Å². The van der Waals surface area contributed by atoms with Gasteiger partial charge in [0.15, 0.2) is 0 Å². The summed E-state index contributed by atoms with van der Waals surface area (Å²) >= 11 is 0. The van der Waals surface area contributed by atoms with Crippen molar-refractivity contribution in [1.29, 1.82) is 0 Å². The Morgan fingerprint density at radius 1 is 0.710 bits per heavy atom. The van der Waals surface area contributed by atoms with Crippen molar-refractivity contribution < 1.29 is 5.11 Å². The van der Waals surface area contributed by atoms with Gasteiger partial charge in [0.2, 0.25) is 0 Å². The smallest absolute Gasteiger partial charge is 0.126 e. The van der Waals surface area contributed by atoms with E-state index in [1.807, 2.05) is 76.2 Å². The van der Waals surface area contributed by atoms with Crippen LogP contribution in [0.4, 0.5) is 17.1 Å². The molecule has 0 bridgehead atoms. The Balaban J connectivity index is 1.60. The first-order valence-electron chi connectivity index (χ1n) is 10.4. The molecule has 2 atom stereocenters. The molecule has 31 heavy (non-hydrogen) atoms. The van der Waals surface area contributed by atoms with Crippen molar-refractivity contribution in [2.45, 2.75) is 39.8 Å². The lowest BCUT2D eigenvalue weighted by Gasteiger charge is -2.22. The van der Waals surface area contributed by atoms with Crippen LogP contribution in [0.2, 0.25) is 0 Å². The summed E-state index contributed by atoms with van der Waals surface area (Å²) in [7, 11) is 0. The minimum atomic E-state index is -0.689. The van der Waals surface area contributed by atoms with E-state index >= 15 is 0 Å². The maximum Gasteiger partial charge on any atom is 0.126 e. The molecule has 0 fully saturated rings. The van der Waals surface area contributed by atoms with Crippen LogP contribution in [-0.4, -0.2) is 11.2 Å². The fraction of sp³-hybridized carbons (Fsp3) is 0.231. The molecular formula is C26H26N4O. The zero-order valence-electron chi connectivity index (χ0n) is 18.2. The van der Waals surface area contributed by atoms with E-state index in [0.29, 0.717) is 0 Å². The van der Waals surface area contributed by atoms with E-state index in [1.165, 1.54) is 0 Å². The third-order valence-corrected chi connectivity index (χ3v) is 5.55. The van der Waals surface area contributed by atoms with Gasteiger partial charge in [0.1, 0.15) is 12.1 Å². The van der Waals surface area contributed by atoms with Crippen molar-refractivity contribution in [3.8, 4) is 0 Å². The lowest BCUT2D eigenvalue weighted by atomic mass is 9.91. The lowest BCUT2D eigenvalue weighted by molar-refractivity contribution is 0.189. The predicted molar refractivity (Wildman–Crippen MR) is 125 cm³/mol. The number of rotatable bonds is 4. The molecule has 3 aromatic carbocycles. The van der Waals surface area contributed by atoms with Gasteiger partial charge in [-0.2, -0.15) is 20.5 Å². The molecule has 0 aliphatic heterocycles. The zero-order chi connectivity index (χ0) is 22.0. The quantitative estimate of drug-likeness (QED) is 0.443. The zero-order valence-corrected chi connectivity index (χ0v) is 18.2. The van der Waals surface area contributed by atoms with E-state index in [2.05, 4.69) is 32.6 Å². The second kappa shape index (κ2) is 8.74. The standard InChI is InChI=1S/C26H26N4O/c1-16-9-10-17(2)22(13-16)27-28-23-14-19(4)24(15-18(23)3)29-30-26-21-8-6-5-7-20(21)11-12-25(26)31/h5-15,25-26,31H,1-4H3. The normalized spacial score (nSPS) is 18.1. The molecule has 2 unspecified atom stereocenters. The second-order valence-electron chi connectivity index (χ2n) is 8.05. The monoisotopic (exact) mass is 410 g/mol. The first-order valence-corrected chi connectivity index (χ1v) is 10.4. The van der Waals surface area contributed by atoms with Gasteiger partial charge in [-0.25, -0.2) is 0 Å². The molecule has 0 saturated heterocycles. The SMILES string of the molecule is Cc1ccc(C)c(N=Nc2cc(C)c(N=NC3c4ccccc4C=CC3O)cc2C)c1. The highest BCUT2D eigenvalue weighted by atomic mass is 16.3. The second-order valence-corrected chi connectivity index (χ2v) is 8.05. The molecule has 0 saturated carbocycles. The summed E-state index contributed by atoms with van der Waals surface area (Å²) in [6.07, 6.45) is 3.00. The van der Waals surface area contributed by atoms with E-state index < -0.39 is 12.1 Å². The van der Waals surface area contributed by atoms with Crippen molar-refractivity contribution in [3.05, 3.63) is 94.1 Å². The highest BCUT2D eigenvalue weighted by Crippen LogP contribution is 2.35. The van der Waals surface area contributed by atoms with Gasteiger partial charge in [0.25, 0.3) is 0 Å². The molecule has 5 heteroatoms. The summed E-state index contributed by atoms with van der Waals surface area (Å²) in [4.78, 5) is 0. The number of hydrogen-bond acceptors (Lipinski definition) is 5. The maximum absolute atomic E-state index is 10.4. The van der Waals surface area contributed by atoms with Crippen LogP contribution < -0.4 is 0 Å². The molecule has 0 amide bonds. The van der Waals surface area contributed by atoms with Crippen LogP contribution in [0.5, 0.6) is 0 Å². The summed E-state index contributed by atoms with van der Waals surface area (Å²) in [6.45, 7) is 8.05. The van der Waals surface area contributed by atoms with Gasteiger partial charge in [-0.1, -0.05) is 48.6 Å². The van der Waals surface area contributed by atoms with Crippen molar-refractivity contribution >= 4 is 23.1 Å². The first-order chi connectivity index (χ1) is 14.9. The lowest BCUT2D eigenvalue weighted by Crippen LogP contribution is -2.17.